The number of hydrogen-bond donors (Lipinski definition) is 1. The van der Waals surface area contributed by atoms with Crippen LogP contribution in [0.25, 0.3) is 0 Å². The highest BCUT2D eigenvalue weighted by molar-refractivity contribution is 5.90. The van der Waals surface area contributed by atoms with E-state index in [0.717, 1.165) is 35.5 Å². The lowest BCUT2D eigenvalue weighted by molar-refractivity contribution is 0.208. The highest BCUT2D eigenvalue weighted by Gasteiger charge is 2.32. The Morgan fingerprint density at radius 3 is 2.73 bits per heavy atom. The van der Waals surface area contributed by atoms with Gasteiger partial charge in [-0.15, -0.1) is 0 Å². The predicted molar refractivity (Wildman–Crippen MR) is 82.6 cm³/mol. The van der Waals surface area contributed by atoms with Gasteiger partial charge in [-0.1, -0.05) is 5.16 Å². The van der Waals surface area contributed by atoms with E-state index in [0.29, 0.717) is 5.92 Å². The van der Waals surface area contributed by atoms with E-state index in [1.54, 1.807) is 24.3 Å². The molecule has 116 valence electrons. The van der Waals surface area contributed by atoms with Gasteiger partial charge >= 0.3 is 6.03 Å². The smallest absolute Gasteiger partial charge is 0.322 e. The molecular formula is C16H20N4O2. The molecule has 0 aromatic carbocycles. The summed E-state index contributed by atoms with van der Waals surface area (Å²) in [7, 11) is 1.78. The number of rotatable bonds is 4. The first-order valence-corrected chi connectivity index (χ1v) is 7.48. The van der Waals surface area contributed by atoms with Crippen molar-refractivity contribution in [2.45, 2.75) is 38.6 Å². The minimum absolute atomic E-state index is 0.0486. The maximum Gasteiger partial charge on any atom is 0.322 e. The minimum Gasteiger partial charge on any atom is -0.359 e. The summed E-state index contributed by atoms with van der Waals surface area (Å²) < 4.78 is 5.35. The van der Waals surface area contributed by atoms with Crippen LogP contribution in [0, 0.1) is 6.92 Å². The number of hydrogen-bond acceptors (Lipinski definition) is 4. The summed E-state index contributed by atoms with van der Waals surface area (Å²) in [5, 5.41) is 6.92. The van der Waals surface area contributed by atoms with Gasteiger partial charge in [-0.05, 0) is 44.4 Å². The van der Waals surface area contributed by atoms with Gasteiger partial charge in [0.1, 0.15) is 11.4 Å². The minimum atomic E-state index is -0.169. The molecule has 6 nitrogen and oxygen atoms in total. The second kappa shape index (κ2) is 5.79. The number of nitrogens with zero attached hydrogens (tertiary/aromatic N) is 3. The third-order valence-electron chi connectivity index (χ3n) is 4.16. The van der Waals surface area contributed by atoms with Crippen LogP contribution in [0.15, 0.2) is 29.0 Å². The van der Waals surface area contributed by atoms with Gasteiger partial charge in [0.2, 0.25) is 0 Å². The largest absolute Gasteiger partial charge is 0.359 e. The Hall–Kier alpha value is -2.37. The molecule has 2 heterocycles. The molecule has 0 radical (unpaired) electrons. The lowest BCUT2D eigenvalue weighted by Crippen LogP contribution is -2.33. The molecule has 2 aromatic heterocycles. The van der Waals surface area contributed by atoms with E-state index in [1.807, 2.05) is 26.0 Å². The predicted octanol–water partition coefficient (Wildman–Crippen LogP) is 3.48. The summed E-state index contributed by atoms with van der Waals surface area (Å²) in [6.07, 6.45) is 5.65. The maximum absolute atomic E-state index is 12.5. The van der Waals surface area contributed by atoms with Crippen LogP contribution in [0.1, 0.15) is 48.7 Å². The number of urea groups is 1. The molecule has 0 bridgehead atoms. The standard InChI is InChI=1S/C16H20N4O2/c1-10-14(15(22-19-10)13-4-5-13)18-16(21)20(3)11(2)12-6-8-17-9-7-12/h6-9,11,13H,4-5H2,1-3H3,(H,18,21)/t11-/m0/s1. The normalized spacial score (nSPS) is 15.4. The third kappa shape index (κ3) is 2.81. The Morgan fingerprint density at radius 2 is 2.09 bits per heavy atom. The van der Waals surface area contributed by atoms with Gasteiger partial charge in [-0.3, -0.25) is 4.98 Å². The molecule has 1 aliphatic carbocycles. The van der Waals surface area contributed by atoms with Crippen LogP contribution in [0.5, 0.6) is 0 Å². The molecule has 0 aliphatic heterocycles. The number of aromatic nitrogens is 2. The first kappa shape index (κ1) is 14.6. The lowest BCUT2D eigenvalue weighted by Gasteiger charge is -2.25. The van der Waals surface area contributed by atoms with Crippen LogP contribution in [0.3, 0.4) is 0 Å². The Bertz CT molecular complexity index is 664. The number of carbonyl (C=O) groups is 1. The van der Waals surface area contributed by atoms with E-state index in [1.165, 1.54) is 0 Å². The molecule has 1 N–H and O–H groups in total. The molecule has 1 aliphatic rings. The number of carbonyl (C=O) groups excluding carboxylic acids is 1. The fraction of sp³-hybridized carbons (Fsp3) is 0.438. The van der Waals surface area contributed by atoms with E-state index in [-0.39, 0.29) is 12.1 Å². The van der Waals surface area contributed by atoms with E-state index < -0.39 is 0 Å². The maximum atomic E-state index is 12.5. The van der Waals surface area contributed by atoms with Crippen LogP contribution >= 0.6 is 0 Å². The van der Waals surface area contributed by atoms with Crippen molar-refractivity contribution in [3.05, 3.63) is 41.5 Å². The third-order valence-corrected chi connectivity index (χ3v) is 4.16. The van der Waals surface area contributed by atoms with E-state index in [2.05, 4.69) is 15.5 Å². The second-order valence-corrected chi connectivity index (χ2v) is 5.78. The average molecular weight is 300 g/mol. The zero-order valence-electron chi connectivity index (χ0n) is 13.0. The summed E-state index contributed by atoms with van der Waals surface area (Å²) in [6, 6.07) is 3.61. The van der Waals surface area contributed by atoms with Crippen LogP contribution in [0.4, 0.5) is 10.5 Å². The highest BCUT2D eigenvalue weighted by Crippen LogP contribution is 2.44. The monoisotopic (exact) mass is 300 g/mol. The van der Waals surface area contributed by atoms with Gasteiger partial charge < -0.3 is 14.7 Å². The molecule has 0 unspecified atom stereocenters. The van der Waals surface area contributed by atoms with E-state index in [9.17, 15) is 4.79 Å². The molecule has 3 rings (SSSR count). The number of aryl methyl sites for hydroxylation is 1. The van der Waals surface area contributed by atoms with Crippen molar-refractivity contribution in [1.29, 1.82) is 0 Å². The zero-order chi connectivity index (χ0) is 15.7. The highest BCUT2D eigenvalue weighted by atomic mass is 16.5. The van der Waals surface area contributed by atoms with Gasteiger partial charge in [0.05, 0.1) is 6.04 Å². The Morgan fingerprint density at radius 1 is 1.41 bits per heavy atom. The van der Waals surface area contributed by atoms with Gasteiger partial charge in [-0.2, -0.15) is 0 Å². The summed E-state index contributed by atoms with van der Waals surface area (Å²) in [5.74, 6) is 1.20. The fourth-order valence-electron chi connectivity index (χ4n) is 2.40. The van der Waals surface area contributed by atoms with Crippen molar-refractivity contribution >= 4 is 11.7 Å². The molecule has 2 amide bonds. The van der Waals surface area contributed by atoms with Gasteiger partial charge in [-0.25, -0.2) is 4.79 Å². The number of anilines is 1. The summed E-state index contributed by atoms with van der Waals surface area (Å²) in [4.78, 5) is 18.2. The average Bonchev–Trinajstić information content (AvgIpc) is 3.32. The quantitative estimate of drug-likeness (QED) is 0.938. The summed E-state index contributed by atoms with van der Waals surface area (Å²) >= 11 is 0. The van der Waals surface area contributed by atoms with Gasteiger partial charge in [0.25, 0.3) is 0 Å². The number of pyridine rings is 1. The molecule has 0 saturated heterocycles. The first-order chi connectivity index (χ1) is 10.6. The zero-order valence-corrected chi connectivity index (χ0v) is 13.0. The fourth-order valence-corrected chi connectivity index (χ4v) is 2.40. The van der Waals surface area contributed by atoms with Crippen molar-refractivity contribution in [1.82, 2.24) is 15.0 Å². The molecule has 6 heteroatoms. The SMILES string of the molecule is Cc1noc(C2CC2)c1NC(=O)N(C)[C@@H](C)c1ccncc1. The number of amides is 2. The Labute approximate surface area is 129 Å². The van der Waals surface area contributed by atoms with Crippen LogP contribution in [-0.4, -0.2) is 28.1 Å². The Balaban J connectivity index is 1.73. The summed E-state index contributed by atoms with van der Waals surface area (Å²) in [6.45, 7) is 3.83. The summed E-state index contributed by atoms with van der Waals surface area (Å²) in [5.41, 5.74) is 2.48. The van der Waals surface area contributed by atoms with Crippen LogP contribution in [0.2, 0.25) is 0 Å². The van der Waals surface area contributed by atoms with E-state index >= 15 is 0 Å². The molecule has 0 spiro atoms. The van der Waals surface area contributed by atoms with Crippen molar-refractivity contribution < 1.29 is 9.32 Å². The molecule has 1 fully saturated rings. The topological polar surface area (TPSA) is 71.3 Å². The van der Waals surface area contributed by atoms with Crippen LogP contribution < -0.4 is 5.32 Å². The number of nitrogens with one attached hydrogen (secondary N) is 1. The second-order valence-electron chi connectivity index (χ2n) is 5.78. The molecule has 1 saturated carbocycles. The van der Waals surface area contributed by atoms with E-state index in [4.69, 9.17) is 4.52 Å². The molecule has 22 heavy (non-hydrogen) atoms. The van der Waals surface area contributed by atoms with Gasteiger partial charge in [0.15, 0.2) is 5.76 Å². The molecule has 2 aromatic rings. The molecular weight excluding hydrogens is 280 g/mol. The van der Waals surface area contributed by atoms with Crippen LogP contribution in [-0.2, 0) is 0 Å². The Kier molecular flexibility index (Phi) is 3.83. The van der Waals surface area contributed by atoms with Crippen molar-refractivity contribution in [3.63, 3.8) is 0 Å². The van der Waals surface area contributed by atoms with Crippen molar-refractivity contribution in [2.24, 2.45) is 0 Å². The molecule has 1 atom stereocenters. The van der Waals surface area contributed by atoms with Crippen molar-refractivity contribution in [2.75, 3.05) is 12.4 Å². The first-order valence-electron chi connectivity index (χ1n) is 7.48. The van der Waals surface area contributed by atoms with Gasteiger partial charge in [0, 0.05) is 25.4 Å². The van der Waals surface area contributed by atoms with Crippen molar-refractivity contribution in [3.8, 4) is 0 Å². The lowest BCUT2D eigenvalue weighted by atomic mass is 10.1.